The molecule has 10 nitrogen and oxygen atoms in total. The van der Waals surface area contributed by atoms with Crippen LogP contribution in [0.1, 0.15) is 18.2 Å². The van der Waals surface area contributed by atoms with Crippen molar-refractivity contribution in [3.63, 3.8) is 0 Å². The van der Waals surface area contributed by atoms with Crippen molar-refractivity contribution in [1.82, 2.24) is 19.9 Å². The molecule has 2 N–H and O–H groups in total. The second-order valence-electron chi connectivity index (χ2n) is 7.46. The summed E-state index contributed by atoms with van der Waals surface area (Å²) in [4.78, 5) is 18.9. The predicted octanol–water partition coefficient (Wildman–Crippen LogP) is 2.78. The molecular weight excluding hydrogens is 477 g/mol. The molecule has 184 valence electrons. The fraction of sp³-hybridized carbons (Fsp3) is 0.400. The van der Waals surface area contributed by atoms with Crippen molar-refractivity contribution in [2.24, 2.45) is 0 Å². The van der Waals surface area contributed by atoms with Gasteiger partial charge in [-0.15, -0.1) is 0 Å². The molecule has 0 saturated carbocycles. The Hall–Kier alpha value is -3.10. The van der Waals surface area contributed by atoms with Crippen molar-refractivity contribution in [3.05, 3.63) is 47.9 Å². The van der Waals surface area contributed by atoms with Crippen molar-refractivity contribution in [2.45, 2.75) is 25.7 Å². The third-order valence-corrected chi connectivity index (χ3v) is 4.69. The monoisotopic (exact) mass is 500 g/mol. The average molecular weight is 501 g/mol. The van der Waals surface area contributed by atoms with Crippen LogP contribution < -0.4 is 10.2 Å². The molecule has 3 aromatic rings. The van der Waals surface area contributed by atoms with Gasteiger partial charge in [0.25, 0.3) is 10.1 Å². The van der Waals surface area contributed by atoms with Crippen molar-refractivity contribution >= 4 is 32.9 Å². The number of anilines is 2. The first-order valence-electron chi connectivity index (χ1n) is 10.1. The quantitative estimate of drug-likeness (QED) is 0.516. The van der Waals surface area contributed by atoms with Crippen molar-refractivity contribution in [3.8, 4) is 0 Å². The molecule has 0 amide bonds. The van der Waals surface area contributed by atoms with Gasteiger partial charge in [0.15, 0.2) is 5.65 Å². The molecule has 4 heterocycles. The van der Waals surface area contributed by atoms with Gasteiger partial charge in [-0.1, -0.05) is 6.07 Å². The van der Waals surface area contributed by atoms with Gasteiger partial charge in [-0.3, -0.25) is 9.54 Å². The van der Waals surface area contributed by atoms with E-state index in [1.54, 1.807) is 18.3 Å². The van der Waals surface area contributed by atoms with Crippen LogP contribution in [0, 0.1) is 0 Å². The summed E-state index contributed by atoms with van der Waals surface area (Å²) in [7, 11) is -3.67. The molecule has 1 atom stereocenters. The van der Waals surface area contributed by atoms with Gasteiger partial charge < -0.3 is 15.0 Å². The summed E-state index contributed by atoms with van der Waals surface area (Å²) < 4.78 is 71.0. The molecular formula is C20H23F3N6O4S. The van der Waals surface area contributed by atoms with Gasteiger partial charge in [-0.05, 0) is 25.1 Å². The van der Waals surface area contributed by atoms with Crippen LogP contribution in [0.3, 0.4) is 0 Å². The van der Waals surface area contributed by atoms with E-state index in [0.717, 1.165) is 6.20 Å². The summed E-state index contributed by atoms with van der Waals surface area (Å²) >= 11 is 0. The second kappa shape index (κ2) is 10.4. The predicted molar refractivity (Wildman–Crippen MR) is 119 cm³/mol. The maximum absolute atomic E-state index is 13.2. The van der Waals surface area contributed by atoms with E-state index in [-0.39, 0.29) is 18.2 Å². The number of hydrogen-bond donors (Lipinski definition) is 2. The van der Waals surface area contributed by atoms with E-state index in [1.807, 2.05) is 11.8 Å². The van der Waals surface area contributed by atoms with E-state index >= 15 is 0 Å². The molecule has 1 saturated heterocycles. The SMILES string of the molecule is CC1COCCN1c1nc(NCc2cccnc2C(F)(F)F)c2cccnc2n1.CS(=O)(=O)O. The minimum absolute atomic E-state index is 0.0388. The van der Waals surface area contributed by atoms with E-state index in [2.05, 4.69) is 25.3 Å². The minimum atomic E-state index is -4.53. The normalized spacial score (nSPS) is 16.6. The summed E-state index contributed by atoms with van der Waals surface area (Å²) in [5.74, 6) is 0.894. The standard InChI is InChI=1S/C19H19F3N6O.CH4O3S/c1-12-11-29-9-8-28(12)18-26-16-14(5-3-7-24-16)17(27-18)25-10-13-4-2-6-23-15(13)19(20,21)22;1-5(2,3)4/h2-7,12H,8-11H2,1H3,(H,24,25,26,27);1H3,(H,2,3,4). The summed E-state index contributed by atoms with van der Waals surface area (Å²) in [6, 6.07) is 6.47. The van der Waals surface area contributed by atoms with Gasteiger partial charge in [0, 0.05) is 31.0 Å². The van der Waals surface area contributed by atoms with Crippen LogP contribution in [0.25, 0.3) is 11.0 Å². The van der Waals surface area contributed by atoms with Gasteiger partial charge in [-0.25, -0.2) is 4.98 Å². The van der Waals surface area contributed by atoms with Crippen LogP contribution in [0.4, 0.5) is 24.9 Å². The van der Waals surface area contributed by atoms with Crippen molar-refractivity contribution in [1.29, 1.82) is 0 Å². The fourth-order valence-corrected chi connectivity index (χ4v) is 3.25. The zero-order valence-corrected chi connectivity index (χ0v) is 19.1. The lowest BCUT2D eigenvalue weighted by Gasteiger charge is -2.33. The highest BCUT2D eigenvalue weighted by Gasteiger charge is 2.35. The number of nitrogens with zero attached hydrogens (tertiary/aromatic N) is 5. The van der Waals surface area contributed by atoms with Gasteiger partial charge in [0.2, 0.25) is 5.95 Å². The Kier molecular flexibility index (Phi) is 7.84. The Morgan fingerprint density at radius 1 is 1.21 bits per heavy atom. The summed E-state index contributed by atoms with van der Waals surface area (Å²) in [6.07, 6.45) is -1.06. The lowest BCUT2D eigenvalue weighted by molar-refractivity contribution is -0.141. The zero-order valence-electron chi connectivity index (χ0n) is 18.3. The van der Waals surface area contributed by atoms with E-state index in [0.29, 0.717) is 48.8 Å². The highest BCUT2D eigenvalue weighted by molar-refractivity contribution is 7.85. The van der Waals surface area contributed by atoms with Crippen LogP contribution in [0.2, 0.25) is 0 Å². The zero-order chi connectivity index (χ0) is 24.9. The number of fused-ring (bicyclic) bond motifs is 1. The Morgan fingerprint density at radius 2 is 1.88 bits per heavy atom. The molecule has 0 bridgehead atoms. The minimum Gasteiger partial charge on any atom is -0.377 e. The molecule has 4 rings (SSSR count). The second-order valence-corrected chi connectivity index (χ2v) is 8.93. The van der Waals surface area contributed by atoms with E-state index in [4.69, 9.17) is 9.29 Å². The Balaban J connectivity index is 0.000000588. The fourth-order valence-electron chi connectivity index (χ4n) is 3.25. The molecule has 1 aliphatic heterocycles. The van der Waals surface area contributed by atoms with Crippen LogP contribution in [-0.2, 0) is 27.6 Å². The molecule has 1 aliphatic rings. The van der Waals surface area contributed by atoms with Crippen LogP contribution >= 0.6 is 0 Å². The van der Waals surface area contributed by atoms with E-state index in [1.165, 1.54) is 12.1 Å². The number of morpholine rings is 1. The average Bonchev–Trinajstić information content (AvgIpc) is 2.76. The lowest BCUT2D eigenvalue weighted by Crippen LogP contribution is -2.44. The highest BCUT2D eigenvalue weighted by Crippen LogP contribution is 2.31. The number of halogens is 3. The first kappa shape index (κ1) is 25.5. The summed E-state index contributed by atoms with van der Waals surface area (Å²) in [5.41, 5.74) is -0.399. The van der Waals surface area contributed by atoms with Crippen LogP contribution in [-0.4, -0.2) is 65.0 Å². The largest absolute Gasteiger partial charge is 0.433 e. The molecule has 0 aliphatic carbocycles. The number of pyridine rings is 2. The molecule has 3 aromatic heterocycles. The Morgan fingerprint density at radius 3 is 2.56 bits per heavy atom. The first-order valence-corrected chi connectivity index (χ1v) is 11.9. The van der Waals surface area contributed by atoms with Crippen LogP contribution in [0.15, 0.2) is 36.7 Å². The smallest absolute Gasteiger partial charge is 0.377 e. The molecule has 0 spiro atoms. The van der Waals surface area contributed by atoms with Gasteiger partial charge >= 0.3 is 6.18 Å². The number of alkyl halides is 3. The van der Waals surface area contributed by atoms with Gasteiger partial charge in [0.05, 0.1) is 30.9 Å². The van der Waals surface area contributed by atoms with E-state index < -0.39 is 22.0 Å². The summed E-state index contributed by atoms with van der Waals surface area (Å²) in [5, 5.41) is 3.66. The third kappa shape index (κ3) is 6.95. The van der Waals surface area contributed by atoms with Crippen molar-refractivity contribution < 1.29 is 30.9 Å². The molecule has 0 aromatic carbocycles. The molecule has 34 heavy (non-hydrogen) atoms. The Bertz CT molecular complexity index is 1230. The number of rotatable bonds is 4. The number of nitrogens with one attached hydrogen (secondary N) is 1. The number of aromatic nitrogens is 4. The molecule has 1 unspecified atom stereocenters. The van der Waals surface area contributed by atoms with Gasteiger partial charge in [0.1, 0.15) is 11.5 Å². The Labute approximate surface area is 194 Å². The van der Waals surface area contributed by atoms with E-state index in [9.17, 15) is 21.6 Å². The molecule has 14 heteroatoms. The lowest BCUT2D eigenvalue weighted by atomic mass is 10.2. The molecule has 1 fully saturated rings. The van der Waals surface area contributed by atoms with Crippen molar-refractivity contribution in [2.75, 3.05) is 36.2 Å². The topological polar surface area (TPSA) is 130 Å². The molecule has 0 radical (unpaired) electrons. The van der Waals surface area contributed by atoms with Gasteiger partial charge in [-0.2, -0.15) is 31.6 Å². The number of ether oxygens (including phenoxy) is 1. The highest BCUT2D eigenvalue weighted by atomic mass is 32.2. The third-order valence-electron chi connectivity index (χ3n) is 4.69. The van der Waals surface area contributed by atoms with Crippen LogP contribution in [0.5, 0.6) is 0 Å². The maximum atomic E-state index is 13.2. The first-order chi connectivity index (χ1) is 15.9. The summed E-state index contributed by atoms with van der Waals surface area (Å²) in [6.45, 7) is 3.66. The number of hydrogen-bond acceptors (Lipinski definition) is 9. The maximum Gasteiger partial charge on any atom is 0.433 e.